The molecule has 1 aromatic heterocycles. The highest BCUT2D eigenvalue weighted by molar-refractivity contribution is 6.39. The number of piperidine rings is 1. The van der Waals surface area contributed by atoms with E-state index in [0.29, 0.717) is 31.2 Å². The SMILES string of the molecule is CC1CCCN(C(C)CNC(=O)C(=O)Nc2ccn(CCC#N)n2)C1. The van der Waals surface area contributed by atoms with Crippen LogP contribution >= 0.6 is 0 Å². The lowest BCUT2D eigenvalue weighted by atomic mass is 9.99. The molecule has 0 spiro atoms. The zero-order valence-corrected chi connectivity index (χ0v) is 14.9. The maximum Gasteiger partial charge on any atom is 0.314 e. The maximum absolute atomic E-state index is 12.0. The van der Waals surface area contributed by atoms with Crippen LogP contribution in [0.2, 0.25) is 0 Å². The van der Waals surface area contributed by atoms with E-state index in [1.165, 1.54) is 12.8 Å². The summed E-state index contributed by atoms with van der Waals surface area (Å²) in [4.78, 5) is 26.2. The second kappa shape index (κ2) is 9.18. The summed E-state index contributed by atoms with van der Waals surface area (Å²) in [5.41, 5.74) is 0. The summed E-state index contributed by atoms with van der Waals surface area (Å²) in [5, 5.41) is 17.8. The van der Waals surface area contributed by atoms with Gasteiger partial charge in [-0.05, 0) is 32.2 Å². The van der Waals surface area contributed by atoms with Gasteiger partial charge in [0.15, 0.2) is 5.82 Å². The molecule has 8 nitrogen and oxygen atoms in total. The molecule has 1 aliphatic rings. The summed E-state index contributed by atoms with van der Waals surface area (Å²) < 4.78 is 1.55. The van der Waals surface area contributed by atoms with Crippen molar-refractivity contribution in [2.75, 3.05) is 25.0 Å². The Bertz CT molecular complexity index is 635. The first-order valence-electron chi connectivity index (χ1n) is 8.73. The number of nitrogens with one attached hydrogen (secondary N) is 2. The van der Waals surface area contributed by atoms with Crippen molar-refractivity contribution >= 4 is 17.6 Å². The number of aryl methyl sites for hydroxylation is 1. The molecular formula is C17H26N6O2. The molecule has 2 amide bonds. The van der Waals surface area contributed by atoms with Crippen molar-refractivity contribution in [1.29, 1.82) is 5.26 Å². The molecule has 2 rings (SSSR count). The fraction of sp³-hybridized carbons (Fsp3) is 0.647. The second-order valence-corrected chi connectivity index (χ2v) is 6.63. The van der Waals surface area contributed by atoms with Gasteiger partial charge < -0.3 is 10.6 Å². The van der Waals surface area contributed by atoms with Crippen LogP contribution in [0.1, 0.15) is 33.1 Å². The van der Waals surface area contributed by atoms with Crippen LogP contribution in [-0.2, 0) is 16.1 Å². The highest BCUT2D eigenvalue weighted by Gasteiger charge is 2.22. The van der Waals surface area contributed by atoms with E-state index in [2.05, 4.69) is 34.5 Å². The zero-order chi connectivity index (χ0) is 18.2. The van der Waals surface area contributed by atoms with Gasteiger partial charge in [0, 0.05) is 31.4 Å². The summed E-state index contributed by atoms with van der Waals surface area (Å²) in [7, 11) is 0. The Balaban J connectivity index is 1.75. The van der Waals surface area contributed by atoms with Crippen LogP contribution < -0.4 is 10.6 Å². The number of nitriles is 1. The number of carbonyl (C=O) groups is 2. The smallest absolute Gasteiger partial charge is 0.314 e. The topological polar surface area (TPSA) is 103 Å². The summed E-state index contributed by atoms with van der Waals surface area (Å²) in [6, 6.07) is 3.82. The number of rotatable bonds is 6. The molecule has 0 bridgehead atoms. The van der Waals surface area contributed by atoms with Gasteiger partial charge in [0.1, 0.15) is 0 Å². The molecule has 8 heteroatoms. The van der Waals surface area contributed by atoms with Crippen molar-refractivity contribution in [1.82, 2.24) is 20.0 Å². The third kappa shape index (κ3) is 5.87. The minimum atomic E-state index is -0.732. The van der Waals surface area contributed by atoms with Crippen molar-refractivity contribution in [3.8, 4) is 6.07 Å². The molecule has 25 heavy (non-hydrogen) atoms. The molecule has 2 heterocycles. The van der Waals surface area contributed by atoms with Crippen LogP contribution in [0.5, 0.6) is 0 Å². The Labute approximate surface area is 148 Å². The summed E-state index contributed by atoms with van der Waals surface area (Å²) in [6.07, 6.45) is 4.42. The van der Waals surface area contributed by atoms with Crippen LogP contribution in [0.25, 0.3) is 0 Å². The highest BCUT2D eigenvalue weighted by Crippen LogP contribution is 2.17. The molecule has 1 aromatic rings. The Morgan fingerprint density at radius 3 is 3.00 bits per heavy atom. The number of likely N-dealkylation sites (tertiary alicyclic amines) is 1. The zero-order valence-electron chi connectivity index (χ0n) is 14.9. The van der Waals surface area contributed by atoms with E-state index in [1.54, 1.807) is 16.9 Å². The fourth-order valence-corrected chi connectivity index (χ4v) is 2.97. The summed E-state index contributed by atoms with van der Waals surface area (Å²) in [6.45, 7) is 7.25. The third-order valence-electron chi connectivity index (χ3n) is 4.41. The quantitative estimate of drug-likeness (QED) is 0.747. The van der Waals surface area contributed by atoms with E-state index in [1.807, 2.05) is 6.07 Å². The molecule has 0 radical (unpaired) electrons. The molecule has 2 N–H and O–H groups in total. The largest absolute Gasteiger partial charge is 0.346 e. The van der Waals surface area contributed by atoms with Crippen LogP contribution in [0.15, 0.2) is 12.3 Å². The normalized spacial score (nSPS) is 19.0. The van der Waals surface area contributed by atoms with Gasteiger partial charge in [-0.3, -0.25) is 19.2 Å². The van der Waals surface area contributed by atoms with E-state index < -0.39 is 11.8 Å². The van der Waals surface area contributed by atoms with Crippen molar-refractivity contribution in [2.24, 2.45) is 5.92 Å². The summed E-state index contributed by atoms with van der Waals surface area (Å²) in [5.74, 6) is -0.421. The molecule has 1 fully saturated rings. The number of anilines is 1. The summed E-state index contributed by atoms with van der Waals surface area (Å²) >= 11 is 0. The number of hydrogen-bond acceptors (Lipinski definition) is 5. The second-order valence-electron chi connectivity index (χ2n) is 6.63. The first kappa shape index (κ1) is 18.9. The lowest BCUT2D eigenvalue weighted by Crippen LogP contribution is -2.48. The average molecular weight is 346 g/mol. The maximum atomic E-state index is 12.0. The van der Waals surface area contributed by atoms with E-state index >= 15 is 0 Å². The minimum Gasteiger partial charge on any atom is -0.346 e. The lowest BCUT2D eigenvalue weighted by Gasteiger charge is -2.35. The average Bonchev–Trinajstić information content (AvgIpc) is 3.04. The lowest BCUT2D eigenvalue weighted by molar-refractivity contribution is -0.136. The molecule has 1 aliphatic heterocycles. The highest BCUT2D eigenvalue weighted by atomic mass is 16.2. The predicted molar refractivity (Wildman–Crippen MR) is 93.5 cm³/mol. The van der Waals surface area contributed by atoms with Crippen LogP contribution in [-0.4, -0.2) is 52.2 Å². The molecule has 0 saturated carbocycles. The molecule has 1 saturated heterocycles. The van der Waals surface area contributed by atoms with Gasteiger partial charge >= 0.3 is 11.8 Å². The monoisotopic (exact) mass is 346 g/mol. The Morgan fingerprint density at radius 2 is 2.28 bits per heavy atom. The van der Waals surface area contributed by atoms with Gasteiger partial charge in [0.05, 0.1) is 19.0 Å². The molecular weight excluding hydrogens is 320 g/mol. The van der Waals surface area contributed by atoms with E-state index in [0.717, 1.165) is 13.1 Å². The van der Waals surface area contributed by atoms with Crippen molar-refractivity contribution < 1.29 is 9.59 Å². The Kier molecular flexibility index (Phi) is 6.95. The van der Waals surface area contributed by atoms with Crippen LogP contribution in [0.3, 0.4) is 0 Å². The first-order chi connectivity index (χ1) is 12.0. The molecule has 136 valence electrons. The molecule has 2 atom stereocenters. The van der Waals surface area contributed by atoms with Crippen LogP contribution in [0.4, 0.5) is 5.82 Å². The number of carbonyl (C=O) groups excluding carboxylic acids is 2. The van der Waals surface area contributed by atoms with E-state index in [4.69, 9.17) is 5.26 Å². The molecule has 2 unspecified atom stereocenters. The van der Waals surface area contributed by atoms with Gasteiger partial charge in [0.25, 0.3) is 0 Å². The number of aromatic nitrogens is 2. The van der Waals surface area contributed by atoms with Crippen LogP contribution in [0, 0.1) is 17.2 Å². The van der Waals surface area contributed by atoms with Crippen molar-refractivity contribution in [3.05, 3.63) is 12.3 Å². The first-order valence-corrected chi connectivity index (χ1v) is 8.73. The van der Waals surface area contributed by atoms with Gasteiger partial charge in [-0.1, -0.05) is 6.92 Å². The third-order valence-corrected chi connectivity index (χ3v) is 4.41. The van der Waals surface area contributed by atoms with E-state index in [9.17, 15) is 9.59 Å². The number of amides is 2. The fourth-order valence-electron chi connectivity index (χ4n) is 2.97. The predicted octanol–water partition coefficient (Wildman–Crippen LogP) is 0.972. The molecule has 0 aromatic carbocycles. The standard InChI is InChI=1S/C17H26N6O2/c1-13-5-3-8-22(12-13)14(2)11-19-16(24)17(25)20-15-6-10-23(21-15)9-4-7-18/h6,10,13-14H,3-5,8-9,11-12H2,1-2H3,(H,19,24)(H,20,21,25). The van der Waals surface area contributed by atoms with Gasteiger partial charge in [-0.15, -0.1) is 0 Å². The van der Waals surface area contributed by atoms with E-state index in [-0.39, 0.29) is 6.04 Å². The number of hydrogen-bond donors (Lipinski definition) is 2. The van der Waals surface area contributed by atoms with Gasteiger partial charge in [0.2, 0.25) is 0 Å². The Morgan fingerprint density at radius 1 is 1.48 bits per heavy atom. The van der Waals surface area contributed by atoms with Gasteiger partial charge in [-0.2, -0.15) is 10.4 Å². The molecule has 0 aliphatic carbocycles. The van der Waals surface area contributed by atoms with Gasteiger partial charge in [-0.25, -0.2) is 0 Å². The Hall–Kier alpha value is -2.40. The van der Waals surface area contributed by atoms with Crippen molar-refractivity contribution in [3.63, 3.8) is 0 Å². The minimum absolute atomic E-state index is 0.199. The number of nitrogens with zero attached hydrogens (tertiary/aromatic N) is 4. The van der Waals surface area contributed by atoms with Crippen molar-refractivity contribution in [2.45, 2.75) is 45.7 Å².